The van der Waals surface area contributed by atoms with Crippen LogP contribution in [0.25, 0.3) is 0 Å². The number of rotatable bonds is 4. The molecule has 6 nitrogen and oxygen atoms in total. The van der Waals surface area contributed by atoms with Crippen LogP contribution in [0.15, 0.2) is 18.2 Å². The molecule has 1 heterocycles. The number of hydrogen-bond acceptors (Lipinski definition) is 5. The lowest BCUT2D eigenvalue weighted by molar-refractivity contribution is -0.206. The van der Waals surface area contributed by atoms with Gasteiger partial charge in [-0.1, -0.05) is 0 Å². The van der Waals surface area contributed by atoms with Gasteiger partial charge in [-0.3, -0.25) is 4.79 Å². The van der Waals surface area contributed by atoms with Gasteiger partial charge in [0, 0.05) is 31.2 Å². The van der Waals surface area contributed by atoms with Gasteiger partial charge in [0.15, 0.2) is 0 Å². The lowest BCUT2D eigenvalue weighted by atomic mass is 9.89. The Morgan fingerprint density at radius 1 is 1.27 bits per heavy atom. The minimum absolute atomic E-state index is 0.143. The lowest BCUT2D eigenvalue weighted by Crippen LogP contribution is -2.57. The van der Waals surface area contributed by atoms with Crippen molar-refractivity contribution in [2.75, 3.05) is 19.6 Å². The van der Waals surface area contributed by atoms with Gasteiger partial charge in [-0.25, -0.2) is 13.6 Å². The summed E-state index contributed by atoms with van der Waals surface area (Å²) in [6, 6.07) is 2.78. The second-order valence-electron chi connectivity index (χ2n) is 7.73. The number of hydroxylamine groups is 2. The number of nitrogens with one attached hydrogen (secondary N) is 1. The summed E-state index contributed by atoms with van der Waals surface area (Å²) in [7, 11) is 0. The van der Waals surface area contributed by atoms with Gasteiger partial charge in [0.2, 0.25) is 0 Å². The van der Waals surface area contributed by atoms with Crippen LogP contribution in [-0.2, 0) is 9.63 Å². The number of carbonyl (C=O) groups excluding carboxylic acids is 2. The number of nitrogens with two attached hydrogens (primary N) is 1. The van der Waals surface area contributed by atoms with Crippen LogP contribution in [0.3, 0.4) is 0 Å². The highest BCUT2D eigenvalue weighted by atomic mass is 19.1. The summed E-state index contributed by atoms with van der Waals surface area (Å²) in [5, 5.41) is 4.17. The van der Waals surface area contributed by atoms with Crippen molar-refractivity contribution in [1.82, 2.24) is 10.4 Å². The van der Waals surface area contributed by atoms with Gasteiger partial charge >= 0.3 is 5.97 Å². The van der Waals surface area contributed by atoms with Crippen LogP contribution in [0.1, 0.15) is 44.0 Å². The maximum absolute atomic E-state index is 13.6. The maximum atomic E-state index is 13.6. The summed E-state index contributed by atoms with van der Waals surface area (Å²) in [5.41, 5.74) is 4.78. The number of halogens is 2. The minimum atomic E-state index is -0.919. The highest BCUT2D eigenvalue weighted by molar-refractivity contribution is 5.94. The van der Waals surface area contributed by atoms with E-state index >= 15 is 0 Å². The van der Waals surface area contributed by atoms with Crippen LogP contribution in [-0.4, -0.2) is 42.1 Å². The minimum Gasteiger partial charge on any atom is -0.367 e. The fourth-order valence-corrected chi connectivity index (χ4v) is 2.48. The number of nitrogens with zero attached hydrogens (tertiary/aromatic N) is 1. The molecule has 0 unspecified atom stereocenters. The quantitative estimate of drug-likeness (QED) is 0.848. The molecule has 1 saturated heterocycles. The van der Waals surface area contributed by atoms with Crippen molar-refractivity contribution in [3.8, 4) is 0 Å². The predicted octanol–water partition coefficient (Wildman–Crippen LogP) is 1.99. The zero-order valence-corrected chi connectivity index (χ0v) is 15.3. The lowest BCUT2D eigenvalue weighted by Gasteiger charge is -2.38. The second kappa shape index (κ2) is 7.67. The smallest absolute Gasteiger partial charge is 0.330 e. The highest BCUT2D eigenvalue weighted by Crippen LogP contribution is 2.22. The van der Waals surface area contributed by atoms with Gasteiger partial charge in [0.25, 0.3) is 5.91 Å². The highest BCUT2D eigenvalue weighted by Gasteiger charge is 2.34. The van der Waals surface area contributed by atoms with Gasteiger partial charge in [-0.15, -0.1) is 5.06 Å². The first-order valence-electron chi connectivity index (χ1n) is 8.50. The van der Waals surface area contributed by atoms with Gasteiger partial charge in [0.05, 0.1) is 11.0 Å². The Bertz CT molecular complexity index is 681. The topological polar surface area (TPSA) is 84.7 Å². The van der Waals surface area contributed by atoms with E-state index in [0.717, 1.165) is 12.1 Å². The fraction of sp³-hybridized carbons (Fsp3) is 0.556. The molecule has 1 amide bonds. The summed E-state index contributed by atoms with van der Waals surface area (Å²) in [5.74, 6) is -2.62. The standard InChI is InChI=1S/C18H25F2N3O3/c1-17(2,3)16(25)26-23-8-6-18(21,7-9-23)11-22-15(24)13-5-4-12(19)10-14(13)20/h4-5,10H,6-9,11,21H2,1-3H3,(H,22,24). The molecule has 1 aliphatic heterocycles. The summed E-state index contributed by atoms with van der Waals surface area (Å²) >= 11 is 0. The second-order valence-corrected chi connectivity index (χ2v) is 7.73. The van der Waals surface area contributed by atoms with Crippen LogP contribution < -0.4 is 11.1 Å². The Morgan fingerprint density at radius 2 is 1.88 bits per heavy atom. The van der Waals surface area contributed by atoms with E-state index in [1.807, 2.05) is 0 Å². The molecule has 8 heteroatoms. The van der Waals surface area contributed by atoms with Gasteiger partial charge in [0.1, 0.15) is 11.6 Å². The Kier molecular flexibility index (Phi) is 5.98. The van der Waals surface area contributed by atoms with Crippen LogP contribution in [0.5, 0.6) is 0 Å². The molecule has 0 spiro atoms. The first-order valence-corrected chi connectivity index (χ1v) is 8.50. The van der Waals surface area contributed by atoms with E-state index in [4.69, 9.17) is 10.6 Å². The molecule has 1 aromatic carbocycles. The SMILES string of the molecule is CC(C)(C)C(=O)ON1CCC(N)(CNC(=O)c2ccc(F)cc2F)CC1. The van der Waals surface area contributed by atoms with Crippen molar-refractivity contribution in [3.05, 3.63) is 35.4 Å². The Labute approximate surface area is 151 Å². The molecule has 1 aliphatic rings. The number of amides is 1. The van der Waals surface area contributed by atoms with Crippen molar-refractivity contribution >= 4 is 11.9 Å². The van der Waals surface area contributed by atoms with Crippen molar-refractivity contribution in [2.24, 2.45) is 11.1 Å². The van der Waals surface area contributed by atoms with Crippen LogP contribution in [0.4, 0.5) is 8.78 Å². The van der Waals surface area contributed by atoms with E-state index < -0.39 is 28.5 Å². The van der Waals surface area contributed by atoms with Crippen molar-refractivity contribution in [3.63, 3.8) is 0 Å². The zero-order valence-electron chi connectivity index (χ0n) is 15.3. The first kappa shape index (κ1) is 20.3. The average Bonchev–Trinajstić information content (AvgIpc) is 2.54. The van der Waals surface area contributed by atoms with E-state index in [0.29, 0.717) is 32.0 Å². The zero-order chi connectivity index (χ0) is 19.5. The number of hydrogen-bond donors (Lipinski definition) is 2. The molecule has 0 aliphatic carbocycles. The summed E-state index contributed by atoms with van der Waals surface area (Å²) in [6.45, 7) is 6.35. The van der Waals surface area contributed by atoms with Gasteiger partial charge in [-0.2, -0.15) is 0 Å². The molecule has 26 heavy (non-hydrogen) atoms. The van der Waals surface area contributed by atoms with E-state index in [1.165, 1.54) is 0 Å². The summed E-state index contributed by atoms with van der Waals surface area (Å²) in [6.07, 6.45) is 0.993. The third-order valence-corrected chi connectivity index (χ3v) is 4.32. The van der Waals surface area contributed by atoms with Crippen molar-refractivity contribution in [2.45, 2.75) is 39.2 Å². The molecule has 2 rings (SSSR count). The summed E-state index contributed by atoms with van der Waals surface area (Å²) in [4.78, 5) is 29.3. The number of benzene rings is 1. The maximum Gasteiger partial charge on any atom is 0.330 e. The van der Waals surface area contributed by atoms with Gasteiger partial charge < -0.3 is 15.9 Å². The largest absolute Gasteiger partial charge is 0.367 e. The molecule has 1 fully saturated rings. The Hall–Kier alpha value is -2.06. The average molecular weight is 369 g/mol. The number of carbonyl (C=O) groups is 2. The molecule has 0 bridgehead atoms. The molecule has 144 valence electrons. The van der Waals surface area contributed by atoms with Crippen LogP contribution in [0, 0.1) is 17.0 Å². The van der Waals surface area contributed by atoms with E-state index in [1.54, 1.807) is 25.8 Å². The number of piperidine rings is 1. The molecule has 0 radical (unpaired) electrons. The molecule has 0 atom stereocenters. The predicted molar refractivity (Wildman–Crippen MR) is 92.0 cm³/mol. The van der Waals surface area contributed by atoms with Crippen molar-refractivity contribution in [1.29, 1.82) is 0 Å². The van der Waals surface area contributed by atoms with Crippen LogP contribution >= 0.6 is 0 Å². The molecular weight excluding hydrogens is 344 g/mol. The molecule has 0 saturated carbocycles. The third-order valence-electron chi connectivity index (χ3n) is 4.32. The fourth-order valence-electron chi connectivity index (χ4n) is 2.48. The Morgan fingerprint density at radius 3 is 2.42 bits per heavy atom. The van der Waals surface area contributed by atoms with Crippen LogP contribution in [0.2, 0.25) is 0 Å². The molecule has 0 aromatic heterocycles. The first-order chi connectivity index (χ1) is 12.0. The Balaban J connectivity index is 1.85. The molecule has 3 N–H and O–H groups in total. The van der Waals surface area contributed by atoms with Gasteiger partial charge in [-0.05, 0) is 45.7 Å². The van der Waals surface area contributed by atoms with E-state index in [2.05, 4.69) is 5.32 Å². The monoisotopic (exact) mass is 369 g/mol. The summed E-state index contributed by atoms with van der Waals surface area (Å²) < 4.78 is 26.6. The third kappa shape index (κ3) is 5.22. The van der Waals surface area contributed by atoms with E-state index in [-0.39, 0.29) is 18.1 Å². The van der Waals surface area contributed by atoms with E-state index in [9.17, 15) is 18.4 Å². The van der Waals surface area contributed by atoms with Crippen molar-refractivity contribution < 1.29 is 23.2 Å². The molecular formula is C18H25F2N3O3. The molecule has 1 aromatic rings. The normalized spacial score (nSPS) is 17.6.